The van der Waals surface area contributed by atoms with Crippen molar-refractivity contribution in [3.63, 3.8) is 0 Å². The van der Waals surface area contributed by atoms with Crippen molar-refractivity contribution in [1.29, 1.82) is 0 Å². The van der Waals surface area contributed by atoms with Gasteiger partial charge in [0.2, 0.25) is 5.91 Å². The monoisotopic (exact) mass is 610 g/mol. The summed E-state index contributed by atoms with van der Waals surface area (Å²) in [6.07, 6.45) is -0.0266. The number of nitrogens with zero attached hydrogens (tertiary/aromatic N) is 2. The van der Waals surface area contributed by atoms with Gasteiger partial charge in [0.25, 0.3) is 5.91 Å². The third kappa shape index (κ3) is 5.77. The zero-order valence-corrected chi connectivity index (χ0v) is 21.1. The topological polar surface area (TPSA) is 121 Å². The summed E-state index contributed by atoms with van der Waals surface area (Å²) in [4.78, 5) is 44.5. The first-order valence-corrected chi connectivity index (χ1v) is 12.5. The minimum atomic E-state index is -1.25. The van der Waals surface area contributed by atoms with Crippen molar-refractivity contribution >= 4 is 57.5 Å². The van der Waals surface area contributed by atoms with Crippen LogP contribution in [0.1, 0.15) is 17.3 Å². The first kappa shape index (κ1) is 25.0. The summed E-state index contributed by atoms with van der Waals surface area (Å²) in [5.74, 6) is -1.46. The summed E-state index contributed by atoms with van der Waals surface area (Å²) in [6, 6.07) is 7.80. The lowest BCUT2D eigenvalue weighted by Gasteiger charge is -2.24. The van der Waals surface area contributed by atoms with E-state index in [2.05, 4.69) is 15.6 Å². The Balaban J connectivity index is 1.58. The number of urea groups is 1. The Labute approximate surface area is 217 Å². The smallest absolute Gasteiger partial charge is 0.325 e. The second-order valence-electron chi connectivity index (χ2n) is 7.54. The number of aliphatic hydroxyl groups excluding tert-OH is 1. The van der Waals surface area contributed by atoms with Gasteiger partial charge in [-0.1, -0.05) is 12.1 Å². The Kier molecular flexibility index (Phi) is 7.93. The number of hydrogen-bond donors (Lipinski definition) is 3. The minimum Gasteiger partial charge on any atom is -0.491 e. The van der Waals surface area contributed by atoms with E-state index in [1.165, 1.54) is 23.5 Å². The lowest BCUT2D eigenvalue weighted by atomic mass is 10.0. The number of hydrogen-bond acceptors (Lipinski definition) is 7. The summed E-state index contributed by atoms with van der Waals surface area (Å²) in [7, 11) is 0. The highest BCUT2D eigenvalue weighted by atomic mass is 127. The molecule has 35 heavy (non-hydrogen) atoms. The van der Waals surface area contributed by atoms with Crippen molar-refractivity contribution in [2.45, 2.75) is 18.5 Å². The molecule has 3 N–H and O–H groups in total. The first-order chi connectivity index (χ1) is 16.9. The lowest BCUT2D eigenvalue weighted by Crippen LogP contribution is -2.49. The molecule has 1 aromatic heterocycles. The molecule has 12 heteroatoms. The number of rotatable bonds is 9. The van der Waals surface area contributed by atoms with Gasteiger partial charge < -0.3 is 20.5 Å². The van der Waals surface area contributed by atoms with Crippen LogP contribution in [0.15, 0.2) is 53.4 Å². The maximum absolute atomic E-state index is 14.4. The molecular formula is C23H20FIN4O5S. The maximum Gasteiger partial charge on any atom is 0.325 e. The van der Waals surface area contributed by atoms with E-state index in [4.69, 9.17) is 9.84 Å². The van der Waals surface area contributed by atoms with E-state index in [-0.39, 0.29) is 25.3 Å². The average Bonchev–Trinajstić information content (AvgIpc) is 3.46. The van der Waals surface area contributed by atoms with E-state index in [1.54, 1.807) is 41.2 Å². The number of thiazole rings is 1. The highest BCUT2D eigenvalue weighted by Crippen LogP contribution is 2.27. The number of aliphatic hydroxyl groups is 1. The van der Waals surface area contributed by atoms with Crippen LogP contribution < -0.4 is 15.4 Å². The van der Waals surface area contributed by atoms with Crippen molar-refractivity contribution in [3.8, 4) is 5.75 Å². The standard InChI is InChI=1S/C23H20FIN4O5S/c24-17-9-14(25)3-6-18(17)27-21(31)19(10-15-11-35-12-26-15)29-22(32)20(28-23(29)33)13-1-4-16(5-2-13)34-8-7-30/h1-6,9,11-12,19-20,30H,7-8,10H2,(H,27,31)(H,28,33)/t19-,20+/m0/s1. The van der Waals surface area contributed by atoms with Crippen LogP contribution in [0.5, 0.6) is 5.75 Å². The Morgan fingerprint density at radius 1 is 1.29 bits per heavy atom. The van der Waals surface area contributed by atoms with Gasteiger partial charge in [-0.2, -0.15) is 0 Å². The predicted octanol–water partition coefficient (Wildman–Crippen LogP) is 3.10. The van der Waals surface area contributed by atoms with Crippen LogP contribution in [0.25, 0.3) is 0 Å². The fraction of sp³-hybridized carbons (Fsp3) is 0.217. The number of anilines is 1. The Hall–Kier alpha value is -3.10. The molecule has 1 fully saturated rings. The molecule has 0 spiro atoms. The molecule has 0 radical (unpaired) electrons. The molecule has 0 bridgehead atoms. The summed E-state index contributed by atoms with van der Waals surface area (Å²) < 4.78 is 20.3. The van der Waals surface area contributed by atoms with E-state index >= 15 is 0 Å². The Morgan fingerprint density at radius 3 is 2.71 bits per heavy atom. The predicted molar refractivity (Wildman–Crippen MR) is 134 cm³/mol. The van der Waals surface area contributed by atoms with Crippen molar-refractivity contribution in [2.24, 2.45) is 0 Å². The van der Waals surface area contributed by atoms with Gasteiger partial charge in [-0.25, -0.2) is 19.1 Å². The van der Waals surface area contributed by atoms with Crippen LogP contribution in [0.2, 0.25) is 0 Å². The largest absolute Gasteiger partial charge is 0.491 e. The zero-order chi connectivity index (χ0) is 24.9. The number of carbonyl (C=O) groups excluding carboxylic acids is 3. The number of carbonyl (C=O) groups is 3. The van der Waals surface area contributed by atoms with Gasteiger partial charge in [0.15, 0.2) is 0 Å². The first-order valence-electron chi connectivity index (χ1n) is 10.5. The van der Waals surface area contributed by atoms with E-state index < -0.39 is 35.7 Å². The molecule has 0 aliphatic carbocycles. The van der Waals surface area contributed by atoms with Crippen LogP contribution in [0.4, 0.5) is 14.9 Å². The molecule has 1 saturated heterocycles. The van der Waals surface area contributed by atoms with Crippen molar-refractivity contribution in [2.75, 3.05) is 18.5 Å². The van der Waals surface area contributed by atoms with E-state index in [1.807, 2.05) is 22.6 Å². The number of halogens is 2. The molecule has 2 atom stereocenters. The molecule has 2 aromatic carbocycles. The summed E-state index contributed by atoms with van der Waals surface area (Å²) in [6.45, 7) is -0.0107. The number of ether oxygens (including phenoxy) is 1. The molecule has 9 nitrogen and oxygen atoms in total. The third-order valence-electron chi connectivity index (χ3n) is 5.23. The van der Waals surface area contributed by atoms with Crippen LogP contribution in [-0.4, -0.2) is 52.1 Å². The molecule has 0 saturated carbocycles. The molecular weight excluding hydrogens is 590 g/mol. The van der Waals surface area contributed by atoms with Gasteiger partial charge in [0, 0.05) is 15.4 Å². The maximum atomic E-state index is 14.4. The lowest BCUT2D eigenvalue weighted by molar-refractivity contribution is -0.134. The fourth-order valence-corrected chi connectivity index (χ4v) is 4.60. The van der Waals surface area contributed by atoms with E-state index in [0.717, 1.165) is 4.90 Å². The van der Waals surface area contributed by atoms with Gasteiger partial charge in [0.1, 0.15) is 30.3 Å². The second kappa shape index (κ2) is 11.1. The van der Waals surface area contributed by atoms with Crippen molar-refractivity contribution in [3.05, 3.63) is 74.0 Å². The second-order valence-corrected chi connectivity index (χ2v) is 9.51. The third-order valence-corrected chi connectivity index (χ3v) is 6.54. The Morgan fingerprint density at radius 2 is 2.06 bits per heavy atom. The van der Waals surface area contributed by atoms with Gasteiger partial charge in [-0.15, -0.1) is 11.3 Å². The zero-order valence-electron chi connectivity index (χ0n) is 18.1. The molecule has 0 unspecified atom stereocenters. The number of amides is 4. The summed E-state index contributed by atoms with van der Waals surface area (Å²) in [5, 5.41) is 15.7. The van der Waals surface area contributed by atoms with Gasteiger partial charge >= 0.3 is 6.03 Å². The van der Waals surface area contributed by atoms with Gasteiger partial charge in [-0.05, 0) is 58.5 Å². The molecule has 182 valence electrons. The average molecular weight is 610 g/mol. The van der Waals surface area contributed by atoms with Crippen LogP contribution in [0, 0.1) is 9.39 Å². The minimum absolute atomic E-state index is 0.0266. The molecule has 1 aliphatic rings. The molecule has 2 heterocycles. The summed E-state index contributed by atoms with van der Waals surface area (Å²) >= 11 is 3.27. The SMILES string of the molecule is O=C(Nc1ccc(I)cc1F)[C@H](Cc1cscn1)N1C(=O)N[C@H](c2ccc(OCCO)cc2)C1=O. The normalized spacial score (nSPS) is 16.2. The van der Waals surface area contributed by atoms with E-state index in [0.29, 0.717) is 20.6 Å². The quantitative estimate of drug-likeness (QED) is 0.253. The number of imide groups is 1. The van der Waals surface area contributed by atoms with Crippen LogP contribution >= 0.6 is 33.9 Å². The highest BCUT2D eigenvalue weighted by molar-refractivity contribution is 14.1. The molecule has 3 aromatic rings. The molecule has 4 amide bonds. The number of nitrogens with one attached hydrogen (secondary N) is 2. The summed E-state index contributed by atoms with van der Waals surface area (Å²) in [5.41, 5.74) is 2.55. The van der Waals surface area contributed by atoms with Gasteiger partial charge in [0.05, 0.1) is 23.5 Å². The molecule has 4 rings (SSSR count). The number of benzene rings is 2. The highest BCUT2D eigenvalue weighted by Gasteiger charge is 2.45. The van der Waals surface area contributed by atoms with Crippen molar-refractivity contribution in [1.82, 2.24) is 15.2 Å². The van der Waals surface area contributed by atoms with E-state index in [9.17, 15) is 18.8 Å². The van der Waals surface area contributed by atoms with Gasteiger partial charge in [-0.3, -0.25) is 9.59 Å². The number of aromatic nitrogens is 1. The van der Waals surface area contributed by atoms with Crippen LogP contribution in [0.3, 0.4) is 0 Å². The fourth-order valence-electron chi connectivity index (χ4n) is 3.58. The Bertz CT molecular complexity index is 1230. The van der Waals surface area contributed by atoms with Crippen molar-refractivity contribution < 1.29 is 28.6 Å². The van der Waals surface area contributed by atoms with Crippen LogP contribution in [-0.2, 0) is 16.0 Å². The molecule has 1 aliphatic heterocycles.